The average molecular weight is 378 g/mol. The molecule has 5 heteroatoms. The standard InChI is InChI=1S/C22H39N3O2/c1-18(2)16-26-21-7-6-20(22(14-21)27-17-19(3)4)15-25-12-10-24(11-13-25)9-5-8-23/h6-7,14,18-19H,5,8-13,15-17,23H2,1-4H3. The normalized spacial score (nSPS) is 16.3. The van der Waals surface area contributed by atoms with Crippen LogP contribution in [0.15, 0.2) is 18.2 Å². The second-order valence-electron chi connectivity index (χ2n) is 8.44. The fourth-order valence-electron chi connectivity index (χ4n) is 3.14. The zero-order valence-corrected chi connectivity index (χ0v) is 17.7. The first kappa shape index (κ1) is 22.0. The number of rotatable bonds is 11. The number of piperazine rings is 1. The van der Waals surface area contributed by atoms with E-state index in [1.807, 2.05) is 0 Å². The van der Waals surface area contributed by atoms with Gasteiger partial charge in [0.15, 0.2) is 0 Å². The van der Waals surface area contributed by atoms with Gasteiger partial charge in [0.2, 0.25) is 0 Å². The smallest absolute Gasteiger partial charge is 0.127 e. The van der Waals surface area contributed by atoms with E-state index < -0.39 is 0 Å². The van der Waals surface area contributed by atoms with Gasteiger partial charge in [-0.05, 0) is 37.4 Å². The second-order valence-corrected chi connectivity index (χ2v) is 8.44. The van der Waals surface area contributed by atoms with Gasteiger partial charge in [-0.1, -0.05) is 33.8 Å². The van der Waals surface area contributed by atoms with Crippen molar-refractivity contribution in [2.75, 3.05) is 52.5 Å². The molecule has 1 aromatic rings. The summed E-state index contributed by atoms with van der Waals surface area (Å²) in [6.07, 6.45) is 1.09. The van der Waals surface area contributed by atoms with Crippen LogP contribution in [-0.4, -0.2) is 62.3 Å². The molecule has 0 aliphatic carbocycles. The minimum Gasteiger partial charge on any atom is -0.493 e. The molecule has 1 aliphatic rings. The topological polar surface area (TPSA) is 51.0 Å². The molecule has 0 bridgehead atoms. The van der Waals surface area contributed by atoms with Crippen molar-refractivity contribution in [2.45, 2.75) is 40.7 Å². The van der Waals surface area contributed by atoms with Crippen molar-refractivity contribution in [1.82, 2.24) is 9.80 Å². The van der Waals surface area contributed by atoms with Crippen molar-refractivity contribution in [2.24, 2.45) is 17.6 Å². The van der Waals surface area contributed by atoms with Gasteiger partial charge in [-0.2, -0.15) is 0 Å². The lowest BCUT2D eigenvalue weighted by atomic mass is 10.1. The van der Waals surface area contributed by atoms with Gasteiger partial charge in [-0.15, -0.1) is 0 Å². The van der Waals surface area contributed by atoms with Gasteiger partial charge in [0.25, 0.3) is 0 Å². The summed E-state index contributed by atoms with van der Waals surface area (Å²) in [6.45, 7) is 17.4. The van der Waals surface area contributed by atoms with Gasteiger partial charge in [0, 0.05) is 44.4 Å². The third-order valence-corrected chi connectivity index (χ3v) is 4.73. The first-order valence-electron chi connectivity index (χ1n) is 10.5. The molecular weight excluding hydrogens is 338 g/mol. The molecule has 0 saturated carbocycles. The summed E-state index contributed by atoms with van der Waals surface area (Å²) in [5, 5.41) is 0. The molecule has 0 radical (unpaired) electrons. The van der Waals surface area contributed by atoms with Crippen molar-refractivity contribution < 1.29 is 9.47 Å². The summed E-state index contributed by atoms with van der Waals surface area (Å²) < 4.78 is 12.0. The number of benzene rings is 1. The fraction of sp³-hybridized carbons (Fsp3) is 0.727. The van der Waals surface area contributed by atoms with Crippen LogP contribution in [0.5, 0.6) is 11.5 Å². The molecule has 0 spiro atoms. The van der Waals surface area contributed by atoms with Gasteiger partial charge in [-0.3, -0.25) is 4.90 Å². The van der Waals surface area contributed by atoms with E-state index in [9.17, 15) is 0 Å². The number of nitrogens with two attached hydrogens (primary N) is 1. The lowest BCUT2D eigenvalue weighted by Crippen LogP contribution is -2.46. The Morgan fingerprint density at radius 2 is 1.56 bits per heavy atom. The van der Waals surface area contributed by atoms with Crippen LogP contribution in [0, 0.1) is 11.8 Å². The molecule has 0 unspecified atom stereocenters. The Balaban J connectivity index is 1.97. The van der Waals surface area contributed by atoms with E-state index >= 15 is 0 Å². The van der Waals surface area contributed by atoms with E-state index in [-0.39, 0.29) is 0 Å². The summed E-state index contributed by atoms with van der Waals surface area (Å²) in [4.78, 5) is 5.04. The van der Waals surface area contributed by atoms with Crippen molar-refractivity contribution in [3.8, 4) is 11.5 Å². The predicted molar refractivity (Wildman–Crippen MR) is 112 cm³/mol. The zero-order chi connectivity index (χ0) is 19.6. The number of nitrogens with zero attached hydrogens (tertiary/aromatic N) is 2. The molecule has 154 valence electrons. The number of ether oxygens (including phenoxy) is 2. The van der Waals surface area contributed by atoms with E-state index in [2.05, 4.69) is 55.7 Å². The molecular formula is C22H39N3O2. The van der Waals surface area contributed by atoms with E-state index in [1.54, 1.807) is 0 Å². The van der Waals surface area contributed by atoms with Crippen LogP contribution in [0.25, 0.3) is 0 Å². The minimum absolute atomic E-state index is 0.504. The highest BCUT2D eigenvalue weighted by atomic mass is 16.5. The molecule has 1 heterocycles. The zero-order valence-electron chi connectivity index (χ0n) is 17.7. The first-order valence-corrected chi connectivity index (χ1v) is 10.5. The molecule has 27 heavy (non-hydrogen) atoms. The van der Waals surface area contributed by atoms with Gasteiger partial charge < -0.3 is 20.1 Å². The molecule has 0 aromatic heterocycles. The van der Waals surface area contributed by atoms with E-state index in [4.69, 9.17) is 15.2 Å². The van der Waals surface area contributed by atoms with Crippen molar-refractivity contribution >= 4 is 0 Å². The molecule has 0 amide bonds. The lowest BCUT2D eigenvalue weighted by molar-refractivity contribution is 0.125. The van der Waals surface area contributed by atoms with E-state index in [0.717, 1.165) is 76.9 Å². The highest BCUT2D eigenvalue weighted by molar-refractivity contribution is 5.41. The summed E-state index contributed by atoms with van der Waals surface area (Å²) in [6, 6.07) is 6.32. The highest BCUT2D eigenvalue weighted by Crippen LogP contribution is 2.27. The third kappa shape index (κ3) is 8.08. The van der Waals surface area contributed by atoms with E-state index in [0.29, 0.717) is 11.8 Å². The molecule has 1 fully saturated rings. The van der Waals surface area contributed by atoms with Crippen LogP contribution >= 0.6 is 0 Å². The third-order valence-electron chi connectivity index (χ3n) is 4.73. The van der Waals surface area contributed by atoms with Crippen LogP contribution in [0.1, 0.15) is 39.7 Å². The largest absolute Gasteiger partial charge is 0.493 e. The van der Waals surface area contributed by atoms with Gasteiger partial charge in [0.05, 0.1) is 13.2 Å². The van der Waals surface area contributed by atoms with Crippen molar-refractivity contribution in [1.29, 1.82) is 0 Å². The van der Waals surface area contributed by atoms with Gasteiger partial charge in [-0.25, -0.2) is 0 Å². The minimum atomic E-state index is 0.504. The van der Waals surface area contributed by atoms with Crippen LogP contribution in [-0.2, 0) is 6.54 Å². The van der Waals surface area contributed by atoms with Crippen LogP contribution in [0.4, 0.5) is 0 Å². The molecule has 1 aromatic carbocycles. The Kier molecular flexibility index (Phi) is 9.39. The maximum Gasteiger partial charge on any atom is 0.127 e. The molecule has 0 atom stereocenters. The molecule has 2 N–H and O–H groups in total. The molecule has 1 aliphatic heterocycles. The highest BCUT2D eigenvalue weighted by Gasteiger charge is 2.18. The predicted octanol–water partition coefficient (Wildman–Crippen LogP) is 3.22. The number of hydrogen-bond donors (Lipinski definition) is 1. The van der Waals surface area contributed by atoms with Crippen LogP contribution in [0.3, 0.4) is 0 Å². The lowest BCUT2D eigenvalue weighted by Gasteiger charge is -2.35. The Hall–Kier alpha value is -1.30. The number of hydrogen-bond acceptors (Lipinski definition) is 5. The average Bonchev–Trinajstić information content (AvgIpc) is 2.65. The van der Waals surface area contributed by atoms with Crippen LogP contribution < -0.4 is 15.2 Å². The van der Waals surface area contributed by atoms with Gasteiger partial charge in [0.1, 0.15) is 11.5 Å². The monoisotopic (exact) mass is 377 g/mol. The Morgan fingerprint density at radius 3 is 2.19 bits per heavy atom. The SMILES string of the molecule is CC(C)COc1ccc(CN2CCN(CCCN)CC2)c(OCC(C)C)c1. The van der Waals surface area contributed by atoms with Crippen LogP contribution in [0.2, 0.25) is 0 Å². The summed E-state index contributed by atoms with van der Waals surface area (Å²) in [5.74, 6) is 2.89. The Labute approximate surface area is 165 Å². The first-order chi connectivity index (χ1) is 13.0. The van der Waals surface area contributed by atoms with Crippen molar-refractivity contribution in [3.05, 3.63) is 23.8 Å². The maximum atomic E-state index is 6.13. The summed E-state index contributed by atoms with van der Waals surface area (Å²) in [5.41, 5.74) is 6.88. The van der Waals surface area contributed by atoms with E-state index in [1.165, 1.54) is 5.56 Å². The molecule has 5 nitrogen and oxygen atoms in total. The Morgan fingerprint density at radius 1 is 0.926 bits per heavy atom. The van der Waals surface area contributed by atoms with Gasteiger partial charge >= 0.3 is 0 Å². The molecule has 1 saturated heterocycles. The summed E-state index contributed by atoms with van der Waals surface area (Å²) >= 11 is 0. The fourth-order valence-corrected chi connectivity index (χ4v) is 3.14. The molecule has 2 rings (SSSR count). The van der Waals surface area contributed by atoms with Crippen molar-refractivity contribution in [3.63, 3.8) is 0 Å². The Bertz CT molecular complexity index is 540. The quantitative estimate of drug-likeness (QED) is 0.642. The second kappa shape index (κ2) is 11.5. The maximum absolute atomic E-state index is 6.13. The summed E-state index contributed by atoms with van der Waals surface area (Å²) in [7, 11) is 0.